The Labute approximate surface area is 113 Å². The zero-order valence-electron chi connectivity index (χ0n) is 13.3. The fraction of sp³-hybridized carbons (Fsp3) is 0.688. The summed E-state index contributed by atoms with van der Waals surface area (Å²) >= 11 is 0. The molecule has 0 aromatic rings. The molecule has 0 rings (SSSR count). The van der Waals surface area contributed by atoms with Crippen molar-refractivity contribution in [3.8, 4) is 0 Å². The van der Waals surface area contributed by atoms with Gasteiger partial charge in [0.1, 0.15) is 0 Å². The lowest BCUT2D eigenvalue weighted by molar-refractivity contribution is -0.117. The molecule has 1 N–H and O–H groups in total. The summed E-state index contributed by atoms with van der Waals surface area (Å²) in [5, 5.41) is 2.95. The molecule has 0 aliphatic carbocycles. The fourth-order valence-electron chi connectivity index (χ4n) is 1.83. The molecule has 0 heterocycles. The van der Waals surface area contributed by atoms with Crippen LogP contribution in [0.3, 0.4) is 0 Å². The Morgan fingerprint density at radius 2 is 1.67 bits per heavy atom. The van der Waals surface area contributed by atoms with Crippen molar-refractivity contribution >= 4 is 5.91 Å². The average Bonchev–Trinajstić information content (AvgIpc) is 2.19. The molecule has 0 saturated carbocycles. The van der Waals surface area contributed by atoms with Crippen LogP contribution in [-0.2, 0) is 4.79 Å². The maximum absolute atomic E-state index is 11.9. The predicted octanol–water partition coefficient (Wildman–Crippen LogP) is 4.09. The van der Waals surface area contributed by atoms with Gasteiger partial charge in [-0.15, -0.1) is 0 Å². The molecule has 2 nitrogen and oxygen atoms in total. The number of carbonyl (C=O) groups excluding carboxylic acids is 1. The second-order valence-corrected chi connectivity index (χ2v) is 6.59. The summed E-state index contributed by atoms with van der Waals surface area (Å²) in [6.45, 7) is 17.5. The topological polar surface area (TPSA) is 29.1 Å². The van der Waals surface area contributed by atoms with Gasteiger partial charge in [0.25, 0.3) is 0 Å². The van der Waals surface area contributed by atoms with Gasteiger partial charge < -0.3 is 5.32 Å². The minimum absolute atomic E-state index is 0.0340. The van der Waals surface area contributed by atoms with Crippen molar-refractivity contribution in [2.75, 3.05) is 6.54 Å². The molecule has 0 radical (unpaired) electrons. The van der Waals surface area contributed by atoms with E-state index in [4.69, 9.17) is 0 Å². The van der Waals surface area contributed by atoms with Gasteiger partial charge in [0.15, 0.2) is 0 Å². The Hall–Kier alpha value is -1.05. The summed E-state index contributed by atoms with van der Waals surface area (Å²) < 4.78 is 0. The summed E-state index contributed by atoms with van der Waals surface area (Å²) in [4.78, 5) is 11.9. The highest BCUT2D eigenvalue weighted by Gasteiger charge is 2.17. The van der Waals surface area contributed by atoms with E-state index in [2.05, 4.69) is 53.8 Å². The molecule has 104 valence electrons. The number of carbonyl (C=O) groups is 1. The third-order valence-electron chi connectivity index (χ3n) is 2.74. The van der Waals surface area contributed by atoms with Crippen molar-refractivity contribution in [1.82, 2.24) is 5.32 Å². The van der Waals surface area contributed by atoms with Gasteiger partial charge in [0, 0.05) is 12.1 Å². The molecule has 0 aromatic carbocycles. The molecule has 0 unspecified atom stereocenters. The second kappa shape index (κ2) is 6.77. The van der Waals surface area contributed by atoms with Gasteiger partial charge in [-0.1, -0.05) is 46.3 Å². The van der Waals surface area contributed by atoms with Crippen molar-refractivity contribution < 1.29 is 4.79 Å². The van der Waals surface area contributed by atoms with Crippen LogP contribution < -0.4 is 5.32 Å². The first kappa shape index (κ1) is 16.9. The van der Waals surface area contributed by atoms with Crippen LogP contribution in [0.15, 0.2) is 22.8 Å². The third-order valence-corrected chi connectivity index (χ3v) is 2.74. The van der Waals surface area contributed by atoms with E-state index in [1.54, 1.807) is 0 Å². The number of hydrogen-bond donors (Lipinski definition) is 1. The normalized spacial score (nSPS) is 12.6. The van der Waals surface area contributed by atoms with E-state index in [0.717, 1.165) is 12.1 Å². The van der Waals surface area contributed by atoms with E-state index in [1.807, 2.05) is 13.0 Å². The zero-order chi connectivity index (χ0) is 14.5. The molecule has 0 aliphatic heterocycles. The first-order chi connectivity index (χ1) is 8.05. The van der Waals surface area contributed by atoms with Crippen LogP contribution in [-0.4, -0.2) is 12.5 Å². The van der Waals surface area contributed by atoms with Crippen molar-refractivity contribution in [1.29, 1.82) is 0 Å². The molecule has 2 heteroatoms. The van der Waals surface area contributed by atoms with E-state index < -0.39 is 0 Å². The number of hydrogen-bond acceptors (Lipinski definition) is 1. The van der Waals surface area contributed by atoms with Crippen LogP contribution in [0.2, 0.25) is 0 Å². The quantitative estimate of drug-likeness (QED) is 0.592. The molecule has 0 spiro atoms. The Morgan fingerprint density at radius 3 is 2.00 bits per heavy atom. The van der Waals surface area contributed by atoms with Crippen LogP contribution in [0.5, 0.6) is 0 Å². The van der Waals surface area contributed by atoms with Crippen LogP contribution in [0.25, 0.3) is 0 Å². The molecule has 0 bridgehead atoms. The molecule has 0 atom stereocenters. The number of nitrogens with one attached hydrogen (secondary N) is 1. The van der Waals surface area contributed by atoms with E-state index in [1.165, 1.54) is 11.1 Å². The summed E-state index contributed by atoms with van der Waals surface area (Å²) in [5.41, 5.74) is 3.35. The third kappa shape index (κ3) is 6.04. The Balaban J connectivity index is 4.96. The molecule has 0 fully saturated rings. The lowest BCUT2D eigenvalue weighted by Gasteiger charge is -2.23. The summed E-state index contributed by atoms with van der Waals surface area (Å²) in [5.74, 6) is 0.513. The standard InChI is InChI=1S/C16H29NO/c1-11(2)10-17-15(18)13(5)9-14(12(3)4)16(6,7)8/h9,11H,10H2,1-8H3,(H,17,18)/b13-9+. The first-order valence-electron chi connectivity index (χ1n) is 6.70. The van der Waals surface area contributed by atoms with Crippen LogP contribution in [0, 0.1) is 11.3 Å². The lowest BCUT2D eigenvalue weighted by atomic mass is 9.83. The smallest absolute Gasteiger partial charge is 0.246 e. The van der Waals surface area contributed by atoms with E-state index >= 15 is 0 Å². The highest BCUT2D eigenvalue weighted by atomic mass is 16.1. The van der Waals surface area contributed by atoms with Crippen molar-refractivity contribution in [2.24, 2.45) is 11.3 Å². The zero-order valence-corrected chi connectivity index (χ0v) is 13.3. The van der Waals surface area contributed by atoms with E-state index in [-0.39, 0.29) is 11.3 Å². The van der Waals surface area contributed by atoms with Gasteiger partial charge in [-0.25, -0.2) is 0 Å². The van der Waals surface area contributed by atoms with Crippen LogP contribution in [0.4, 0.5) is 0 Å². The summed E-state index contributed by atoms with van der Waals surface area (Å²) in [7, 11) is 0. The SMILES string of the molecule is CC(C)=C(/C=C(\C)C(=O)NCC(C)C)C(C)(C)C. The number of rotatable bonds is 4. The summed E-state index contributed by atoms with van der Waals surface area (Å²) in [6, 6.07) is 0. The molecular formula is C16H29NO. The van der Waals surface area contributed by atoms with E-state index in [0.29, 0.717) is 5.92 Å². The number of allylic oxidation sites excluding steroid dienone is 3. The van der Waals surface area contributed by atoms with Crippen LogP contribution >= 0.6 is 0 Å². The maximum atomic E-state index is 11.9. The van der Waals surface area contributed by atoms with Gasteiger partial charge in [-0.05, 0) is 37.7 Å². The van der Waals surface area contributed by atoms with E-state index in [9.17, 15) is 4.79 Å². The average molecular weight is 251 g/mol. The van der Waals surface area contributed by atoms with Gasteiger partial charge in [0.05, 0.1) is 0 Å². The Bertz CT molecular complexity index is 350. The lowest BCUT2D eigenvalue weighted by Crippen LogP contribution is -2.28. The van der Waals surface area contributed by atoms with Crippen molar-refractivity contribution in [3.63, 3.8) is 0 Å². The second-order valence-electron chi connectivity index (χ2n) is 6.59. The van der Waals surface area contributed by atoms with Gasteiger partial charge in [-0.3, -0.25) is 4.79 Å². The molecule has 1 amide bonds. The molecule has 0 aliphatic rings. The largest absolute Gasteiger partial charge is 0.352 e. The van der Waals surface area contributed by atoms with Gasteiger partial charge in [0.2, 0.25) is 5.91 Å². The Kier molecular flexibility index (Phi) is 6.37. The molecular weight excluding hydrogens is 222 g/mol. The highest BCUT2D eigenvalue weighted by molar-refractivity contribution is 5.93. The molecule has 0 aromatic heterocycles. The van der Waals surface area contributed by atoms with Gasteiger partial charge >= 0.3 is 0 Å². The van der Waals surface area contributed by atoms with Crippen molar-refractivity contribution in [3.05, 3.63) is 22.8 Å². The Morgan fingerprint density at radius 1 is 1.17 bits per heavy atom. The first-order valence-corrected chi connectivity index (χ1v) is 6.70. The van der Waals surface area contributed by atoms with Crippen LogP contribution in [0.1, 0.15) is 55.4 Å². The molecule has 18 heavy (non-hydrogen) atoms. The number of amides is 1. The maximum Gasteiger partial charge on any atom is 0.246 e. The minimum atomic E-state index is 0.0340. The molecule has 0 saturated heterocycles. The van der Waals surface area contributed by atoms with Crippen molar-refractivity contribution in [2.45, 2.75) is 55.4 Å². The minimum Gasteiger partial charge on any atom is -0.352 e. The fourth-order valence-corrected chi connectivity index (χ4v) is 1.83. The monoisotopic (exact) mass is 251 g/mol. The summed E-state index contributed by atoms with van der Waals surface area (Å²) in [6.07, 6.45) is 2.02. The highest BCUT2D eigenvalue weighted by Crippen LogP contribution is 2.29. The van der Waals surface area contributed by atoms with Gasteiger partial charge in [-0.2, -0.15) is 0 Å². The predicted molar refractivity (Wildman–Crippen MR) is 79.4 cm³/mol.